The number of aryl methyl sites for hydroxylation is 2. The van der Waals surface area contributed by atoms with Crippen molar-refractivity contribution in [1.82, 2.24) is 30.0 Å². The van der Waals surface area contributed by atoms with Gasteiger partial charge in [-0.05, 0) is 84.5 Å². The number of rotatable bonds is 6. The van der Waals surface area contributed by atoms with E-state index in [0.29, 0.717) is 23.5 Å². The molecule has 3 rings (SSSR count). The zero-order chi connectivity index (χ0) is 20.3. The summed E-state index contributed by atoms with van der Waals surface area (Å²) in [5.41, 5.74) is 4.98. The van der Waals surface area contributed by atoms with Gasteiger partial charge in [-0.15, -0.1) is 0 Å². The van der Waals surface area contributed by atoms with Gasteiger partial charge in [-0.3, -0.25) is 9.69 Å². The monoisotopic (exact) mass is 396 g/mol. The van der Waals surface area contributed by atoms with Crippen LogP contribution in [0, 0.1) is 18.6 Å². The highest BCUT2D eigenvalue weighted by molar-refractivity contribution is 7.71. The minimum absolute atomic E-state index is 0.0887. The molecule has 0 saturated carbocycles. The molecule has 0 radical (unpaired) electrons. The van der Waals surface area contributed by atoms with Crippen molar-refractivity contribution in [3.05, 3.63) is 69.5 Å². The van der Waals surface area contributed by atoms with Gasteiger partial charge in [0.2, 0.25) is 4.77 Å². The van der Waals surface area contributed by atoms with E-state index in [9.17, 15) is 4.79 Å². The molecule has 0 spiro atoms. The van der Waals surface area contributed by atoms with Crippen molar-refractivity contribution >= 4 is 18.1 Å². The first-order valence-corrected chi connectivity index (χ1v) is 9.39. The summed E-state index contributed by atoms with van der Waals surface area (Å²) < 4.78 is 3.93. The molecular formula is C20H24N6OS. The standard InChI is InChI=1S/C20H24N6OS/c1-14-9-15(2)11-18(10-14)26-20(28)25(22-23-26)13-24(4)12-16-5-7-17(8-6-16)19(27)21-3/h5-11H,12-13H2,1-4H3,(H,21,27). The SMILES string of the molecule is CNC(=O)c1ccc(CN(C)Cn2nnn(-c3cc(C)cc(C)c3)c2=S)cc1. The number of nitrogens with zero attached hydrogens (tertiary/aromatic N) is 5. The van der Waals surface area contributed by atoms with Crippen LogP contribution in [0.15, 0.2) is 42.5 Å². The van der Waals surface area contributed by atoms with Gasteiger partial charge in [-0.25, -0.2) is 4.68 Å². The zero-order valence-corrected chi connectivity index (χ0v) is 17.3. The maximum absolute atomic E-state index is 11.6. The molecular weight excluding hydrogens is 372 g/mol. The highest BCUT2D eigenvalue weighted by atomic mass is 32.1. The molecule has 1 N–H and O–H groups in total. The van der Waals surface area contributed by atoms with Crippen LogP contribution in [0.4, 0.5) is 0 Å². The second-order valence-corrected chi connectivity index (χ2v) is 7.32. The van der Waals surface area contributed by atoms with Crippen molar-refractivity contribution in [2.75, 3.05) is 14.1 Å². The predicted molar refractivity (Wildman–Crippen MR) is 111 cm³/mol. The number of benzene rings is 2. The Kier molecular flexibility index (Phi) is 6.01. The molecule has 0 fully saturated rings. The Balaban J connectivity index is 1.71. The van der Waals surface area contributed by atoms with E-state index >= 15 is 0 Å². The van der Waals surface area contributed by atoms with Crippen LogP contribution in [0.25, 0.3) is 5.69 Å². The number of hydrogen-bond acceptors (Lipinski definition) is 5. The summed E-state index contributed by atoms with van der Waals surface area (Å²) in [4.78, 5) is 13.7. The van der Waals surface area contributed by atoms with Crippen LogP contribution in [0.1, 0.15) is 27.0 Å². The number of nitrogens with one attached hydrogen (secondary N) is 1. The third-order valence-electron chi connectivity index (χ3n) is 4.36. The molecule has 0 aliphatic carbocycles. The predicted octanol–water partition coefficient (Wildman–Crippen LogP) is 2.86. The largest absolute Gasteiger partial charge is 0.355 e. The quantitative estimate of drug-likeness (QED) is 0.649. The first-order chi connectivity index (χ1) is 13.4. The molecule has 1 heterocycles. The maximum atomic E-state index is 11.6. The Bertz CT molecular complexity index is 1020. The lowest BCUT2D eigenvalue weighted by atomic mass is 10.1. The molecule has 0 aliphatic rings. The number of hydrogen-bond donors (Lipinski definition) is 1. The van der Waals surface area contributed by atoms with E-state index in [1.54, 1.807) is 16.4 Å². The molecule has 1 aromatic heterocycles. The molecule has 0 aliphatic heterocycles. The Morgan fingerprint density at radius 1 is 1.11 bits per heavy atom. The molecule has 146 valence electrons. The van der Waals surface area contributed by atoms with E-state index in [-0.39, 0.29) is 5.91 Å². The lowest BCUT2D eigenvalue weighted by Crippen LogP contribution is -2.23. The summed E-state index contributed by atoms with van der Waals surface area (Å²) in [6.07, 6.45) is 0. The smallest absolute Gasteiger partial charge is 0.251 e. The first-order valence-electron chi connectivity index (χ1n) is 8.98. The minimum atomic E-state index is -0.0887. The van der Waals surface area contributed by atoms with Gasteiger partial charge >= 0.3 is 0 Å². The Morgan fingerprint density at radius 2 is 1.75 bits per heavy atom. The summed E-state index contributed by atoms with van der Waals surface area (Å²) in [5.74, 6) is -0.0887. The van der Waals surface area contributed by atoms with Crippen LogP contribution in [-0.2, 0) is 13.2 Å². The molecule has 0 bridgehead atoms. The van der Waals surface area contributed by atoms with Crippen molar-refractivity contribution in [2.45, 2.75) is 27.1 Å². The van der Waals surface area contributed by atoms with Crippen LogP contribution in [0.2, 0.25) is 0 Å². The van der Waals surface area contributed by atoms with Crippen LogP contribution < -0.4 is 5.32 Å². The van der Waals surface area contributed by atoms with Crippen LogP contribution in [-0.4, -0.2) is 44.7 Å². The maximum Gasteiger partial charge on any atom is 0.251 e. The lowest BCUT2D eigenvalue weighted by molar-refractivity contribution is 0.0963. The van der Waals surface area contributed by atoms with E-state index < -0.39 is 0 Å². The highest BCUT2D eigenvalue weighted by Gasteiger charge is 2.10. The normalized spacial score (nSPS) is 11.0. The van der Waals surface area contributed by atoms with E-state index in [0.717, 1.165) is 22.4 Å². The molecule has 8 heteroatoms. The Labute approximate surface area is 169 Å². The molecule has 0 atom stereocenters. The topological polar surface area (TPSA) is 68.0 Å². The summed E-state index contributed by atoms with van der Waals surface area (Å²) in [6.45, 7) is 5.31. The van der Waals surface area contributed by atoms with Crippen molar-refractivity contribution < 1.29 is 4.79 Å². The van der Waals surface area contributed by atoms with Gasteiger partial charge in [-0.1, -0.05) is 18.2 Å². The fourth-order valence-corrected chi connectivity index (χ4v) is 3.33. The Hall–Kier alpha value is -2.84. The summed E-state index contributed by atoms with van der Waals surface area (Å²) in [6, 6.07) is 13.7. The summed E-state index contributed by atoms with van der Waals surface area (Å²) >= 11 is 5.57. The van der Waals surface area contributed by atoms with Gasteiger partial charge in [0.05, 0.1) is 12.4 Å². The molecule has 0 unspecified atom stereocenters. The van der Waals surface area contributed by atoms with Crippen molar-refractivity contribution in [3.8, 4) is 5.69 Å². The average Bonchev–Trinajstić information content (AvgIpc) is 3.01. The van der Waals surface area contributed by atoms with Crippen molar-refractivity contribution in [2.24, 2.45) is 0 Å². The van der Waals surface area contributed by atoms with E-state index in [1.807, 2.05) is 57.3 Å². The van der Waals surface area contributed by atoms with E-state index in [4.69, 9.17) is 12.2 Å². The molecule has 7 nitrogen and oxygen atoms in total. The molecule has 1 amide bonds. The molecule has 3 aromatic rings. The second kappa shape index (κ2) is 8.45. The van der Waals surface area contributed by atoms with E-state index in [1.165, 1.54) is 0 Å². The van der Waals surface area contributed by atoms with Gasteiger partial charge < -0.3 is 5.32 Å². The van der Waals surface area contributed by atoms with Crippen LogP contribution in [0.3, 0.4) is 0 Å². The summed E-state index contributed by atoms with van der Waals surface area (Å²) in [7, 11) is 3.61. The molecule has 0 saturated heterocycles. The van der Waals surface area contributed by atoms with Gasteiger partial charge in [0.25, 0.3) is 5.91 Å². The molecule has 2 aromatic carbocycles. The van der Waals surface area contributed by atoms with E-state index in [2.05, 4.69) is 26.7 Å². The Morgan fingerprint density at radius 3 is 2.36 bits per heavy atom. The number of amides is 1. The van der Waals surface area contributed by atoms with Gasteiger partial charge in [0.15, 0.2) is 0 Å². The molecule has 28 heavy (non-hydrogen) atoms. The average molecular weight is 397 g/mol. The van der Waals surface area contributed by atoms with Crippen molar-refractivity contribution in [3.63, 3.8) is 0 Å². The number of aromatic nitrogens is 4. The first kappa shape index (κ1) is 19.9. The van der Waals surface area contributed by atoms with Gasteiger partial charge in [0.1, 0.15) is 0 Å². The number of carbonyl (C=O) groups is 1. The fraction of sp³-hybridized carbons (Fsp3) is 0.300. The number of carbonyl (C=O) groups excluding carboxylic acids is 1. The van der Waals surface area contributed by atoms with Gasteiger partial charge in [-0.2, -0.15) is 4.68 Å². The number of tetrazole rings is 1. The third-order valence-corrected chi connectivity index (χ3v) is 4.75. The lowest BCUT2D eigenvalue weighted by Gasteiger charge is -2.16. The minimum Gasteiger partial charge on any atom is -0.355 e. The van der Waals surface area contributed by atoms with Crippen LogP contribution >= 0.6 is 12.2 Å². The third kappa shape index (κ3) is 4.52. The fourth-order valence-electron chi connectivity index (χ4n) is 3.09. The summed E-state index contributed by atoms with van der Waals surface area (Å²) in [5, 5.41) is 11.1. The second-order valence-electron chi connectivity index (χ2n) is 6.95. The van der Waals surface area contributed by atoms with Gasteiger partial charge in [0, 0.05) is 19.2 Å². The zero-order valence-electron chi connectivity index (χ0n) is 16.5. The van der Waals surface area contributed by atoms with Crippen molar-refractivity contribution in [1.29, 1.82) is 0 Å². The van der Waals surface area contributed by atoms with Crippen LogP contribution in [0.5, 0.6) is 0 Å². The highest BCUT2D eigenvalue weighted by Crippen LogP contribution is 2.13.